The minimum atomic E-state index is 0.426. The first-order valence-electron chi connectivity index (χ1n) is 6.86. The van der Waals surface area contributed by atoms with Crippen molar-refractivity contribution >= 4 is 22.9 Å². The third-order valence-corrected chi connectivity index (χ3v) is 3.12. The number of nitrogens with two attached hydrogens (primary N) is 1. The Balaban J connectivity index is 2.28. The van der Waals surface area contributed by atoms with Crippen molar-refractivity contribution in [3.8, 4) is 0 Å². The van der Waals surface area contributed by atoms with Crippen LogP contribution in [-0.2, 0) is 9.47 Å². The van der Waals surface area contributed by atoms with Crippen molar-refractivity contribution in [2.24, 2.45) is 5.73 Å². The van der Waals surface area contributed by atoms with Gasteiger partial charge < -0.3 is 20.5 Å². The SMILES string of the molecule is COCCOCCCCNc1cc(C)ccc1C(N)=S. The number of hydrogen-bond acceptors (Lipinski definition) is 4. The predicted octanol–water partition coefficient (Wildman–Crippen LogP) is 2.48. The second kappa shape index (κ2) is 9.69. The van der Waals surface area contributed by atoms with Gasteiger partial charge in [-0.3, -0.25) is 0 Å². The molecule has 0 aliphatic carbocycles. The molecule has 5 heteroatoms. The Morgan fingerprint density at radius 1 is 1.25 bits per heavy atom. The van der Waals surface area contributed by atoms with Crippen LogP contribution in [0.15, 0.2) is 18.2 Å². The highest BCUT2D eigenvalue weighted by Gasteiger charge is 2.04. The van der Waals surface area contributed by atoms with Crippen LogP contribution in [0.5, 0.6) is 0 Å². The molecular weight excluding hydrogens is 272 g/mol. The predicted molar refractivity (Wildman–Crippen MR) is 87.5 cm³/mol. The maximum Gasteiger partial charge on any atom is 0.106 e. The summed E-state index contributed by atoms with van der Waals surface area (Å²) in [5.41, 5.74) is 8.83. The number of aryl methyl sites for hydroxylation is 1. The van der Waals surface area contributed by atoms with Crippen molar-refractivity contribution in [1.82, 2.24) is 0 Å². The second-order valence-electron chi connectivity index (χ2n) is 4.65. The van der Waals surface area contributed by atoms with Gasteiger partial charge in [0.15, 0.2) is 0 Å². The summed E-state index contributed by atoms with van der Waals surface area (Å²) in [6.07, 6.45) is 2.06. The minimum absolute atomic E-state index is 0.426. The number of ether oxygens (including phenoxy) is 2. The van der Waals surface area contributed by atoms with Gasteiger partial charge in [-0.15, -0.1) is 0 Å². The minimum Gasteiger partial charge on any atom is -0.389 e. The molecule has 1 rings (SSSR count). The first kappa shape index (κ1) is 16.9. The fraction of sp³-hybridized carbons (Fsp3) is 0.533. The number of thiocarbonyl (C=S) groups is 1. The number of unbranched alkanes of at least 4 members (excludes halogenated alkanes) is 1. The zero-order chi connectivity index (χ0) is 14.8. The zero-order valence-corrected chi connectivity index (χ0v) is 13.1. The molecule has 1 aromatic carbocycles. The number of benzene rings is 1. The lowest BCUT2D eigenvalue weighted by atomic mass is 10.1. The Labute approximate surface area is 126 Å². The van der Waals surface area contributed by atoms with E-state index in [2.05, 4.69) is 18.3 Å². The second-order valence-corrected chi connectivity index (χ2v) is 5.09. The molecule has 0 atom stereocenters. The summed E-state index contributed by atoms with van der Waals surface area (Å²) < 4.78 is 10.3. The summed E-state index contributed by atoms with van der Waals surface area (Å²) in [4.78, 5) is 0.426. The lowest BCUT2D eigenvalue weighted by molar-refractivity contribution is 0.0691. The average molecular weight is 296 g/mol. The van der Waals surface area contributed by atoms with Crippen LogP contribution in [0.25, 0.3) is 0 Å². The van der Waals surface area contributed by atoms with E-state index in [1.807, 2.05) is 12.1 Å². The van der Waals surface area contributed by atoms with Gasteiger partial charge in [0.1, 0.15) is 4.99 Å². The summed E-state index contributed by atoms with van der Waals surface area (Å²) in [5, 5.41) is 3.39. The van der Waals surface area contributed by atoms with Gasteiger partial charge in [-0.05, 0) is 37.5 Å². The summed E-state index contributed by atoms with van der Waals surface area (Å²) in [7, 11) is 1.68. The highest BCUT2D eigenvalue weighted by Crippen LogP contribution is 2.17. The van der Waals surface area contributed by atoms with E-state index in [4.69, 9.17) is 27.4 Å². The zero-order valence-electron chi connectivity index (χ0n) is 12.3. The van der Waals surface area contributed by atoms with Crippen LogP contribution >= 0.6 is 12.2 Å². The molecule has 0 spiro atoms. The van der Waals surface area contributed by atoms with Gasteiger partial charge in [-0.1, -0.05) is 18.3 Å². The van der Waals surface area contributed by atoms with E-state index < -0.39 is 0 Å². The van der Waals surface area contributed by atoms with Crippen LogP contribution in [0.3, 0.4) is 0 Å². The van der Waals surface area contributed by atoms with Gasteiger partial charge in [-0.25, -0.2) is 0 Å². The van der Waals surface area contributed by atoms with Crippen molar-refractivity contribution in [3.63, 3.8) is 0 Å². The lowest BCUT2D eigenvalue weighted by Gasteiger charge is -2.12. The van der Waals surface area contributed by atoms with Crippen molar-refractivity contribution in [2.75, 3.05) is 38.8 Å². The third-order valence-electron chi connectivity index (χ3n) is 2.90. The molecule has 0 aromatic heterocycles. The maximum absolute atomic E-state index is 5.72. The van der Waals surface area contributed by atoms with Crippen LogP contribution in [-0.4, -0.2) is 38.5 Å². The number of methoxy groups -OCH3 is 1. The van der Waals surface area contributed by atoms with Crippen LogP contribution in [0, 0.1) is 6.92 Å². The fourth-order valence-corrected chi connectivity index (χ4v) is 1.99. The molecule has 0 saturated carbocycles. The summed E-state index contributed by atoms with van der Waals surface area (Å²) in [5.74, 6) is 0. The molecule has 0 saturated heterocycles. The maximum atomic E-state index is 5.72. The van der Waals surface area contributed by atoms with Gasteiger partial charge >= 0.3 is 0 Å². The molecule has 20 heavy (non-hydrogen) atoms. The number of hydrogen-bond donors (Lipinski definition) is 2. The molecule has 3 N–H and O–H groups in total. The molecule has 0 fully saturated rings. The molecule has 0 aliphatic heterocycles. The van der Waals surface area contributed by atoms with E-state index in [0.29, 0.717) is 18.2 Å². The molecule has 112 valence electrons. The number of rotatable bonds is 10. The van der Waals surface area contributed by atoms with Crippen LogP contribution in [0.1, 0.15) is 24.0 Å². The summed E-state index contributed by atoms with van der Waals surface area (Å²) in [6, 6.07) is 6.06. The Hall–Kier alpha value is -1.17. The van der Waals surface area contributed by atoms with E-state index in [-0.39, 0.29) is 0 Å². The van der Waals surface area contributed by atoms with E-state index in [1.54, 1.807) is 7.11 Å². The van der Waals surface area contributed by atoms with Crippen molar-refractivity contribution in [2.45, 2.75) is 19.8 Å². The van der Waals surface area contributed by atoms with Gasteiger partial charge in [0, 0.05) is 31.5 Å². The highest BCUT2D eigenvalue weighted by molar-refractivity contribution is 7.80. The van der Waals surface area contributed by atoms with E-state index in [9.17, 15) is 0 Å². The summed E-state index contributed by atoms with van der Waals surface area (Å²) in [6.45, 7) is 5.01. The lowest BCUT2D eigenvalue weighted by Crippen LogP contribution is -2.14. The quantitative estimate of drug-likeness (QED) is 0.513. The third kappa shape index (κ3) is 6.32. The highest BCUT2D eigenvalue weighted by atomic mass is 32.1. The molecular formula is C15H24N2O2S. The average Bonchev–Trinajstić information content (AvgIpc) is 2.41. The van der Waals surface area contributed by atoms with Crippen LogP contribution in [0.2, 0.25) is 0 Å². The molecule has 0 bridgehead atoms. The Morgan fingerprint density at radius 2 is 2.05 bits per heavy atom. The van der Waals surface area contributed by atoms with Gasteiger partial charge in [0.05, 0.1) is 13.2 Å². The van der Waals surface area contributed by atoms with Gasteiger partial charge in [-0.2, -0.15) is 0 Å². The topological polar surface area (TPSA) is 56.5 Å². The molecule has 0 unspecified atom stereocenters. The first-order chi connectivity index (χ1) is 9.65. The number of anilines is 1. The Bertz CT molecular complexity index is 424. The van der Waals surface area contributed by atoms with Gasteiger partial charge in [0.25, 0.3) is 0 Å². The standard InChI is InChI=1S/C15H24N2O2S/c1-12-5-6-13(15(16)20)14(11-12)17-7-3-4-8-19-10-9-18-2/h5-6,11,17H,3-4,7-10H2,1-2H3,(H2,16,20). The van der Waals surface area contributed by atoms with E-state index in [0.717, 1.165) is 37.2 Å². The summed E-state index contributed by atoms with van der Waals surface area (Å²) >= 11 is 5.06. The van der Waals surface area contributed by atoms with Crippen LogP contribution < -0.4 is 11.1 Å². The monoisotopic (exact) mass is 296 g/mol. The van der Waals surface area contributed by atoms with Crippen molar-refractivity contribution in [3.05, 3.63) is 29.3 Å². The van der Waals surface area contributed by atoms with E-state index in [1.165, 1.54) is 5.56 Å². The molecule has 0 aliphatic rings. The molecule has 0 amide bonds. The molecule has 1 aromatic rings. The van der Waals surface area contributed by atoms with E-state index >= 15 is 0 Å². The molecule has 0 radical (unpaired) electrons. The van der Waals surface area contributed by atoms with Gasteiger partial charge in [0.2, 0.25) is 0 Å². The molecule has 4 nitrogen and oxygen atoms in total. The smallest absolute Gasteiger partial charge is 0.106 e. The fourth-order valence-electron chi connectivity index (χ4n) is 1.82. The molecule has 0 heterocycles. The largest absolute Gasteiger partial charge is 0.389 e. The number of nitrogens with one attached hydrogen (secondary N) is 1. The van der Waals surface area contributed by atoms with Crippen molar-refractivity contribution in [1.29, 1.82) is 0 Å². The van der Waals surface area contributed by atoms with Crippen LogP contribution in [0.4, 0.5) is 5.69 Å². The Kier molecular flexibility index (Phi) is 8.18. The normalized spacial score (nSPS) is 10.5. The first-order valence-corrected chi connectivity index (χ1v) is 7.27. The Morgan fingerprint density at radius 3 is 2.75 bits per heavy atom. The van der Waals surface area contributed by atoms with Crippen molar-refractivity contribution < 1.29 is 9.47 Å².